The van der Waals surface area contributed by atoms with Crippen LogP contribution in [-0.2, 0) is 0 Å². The number of aromatic carboxylic acids is 1. The lowest BCUT2D eigenvalue weighted by molar-refractivity contribution is 0.0690. The minimum atomic E-state index is -1.13. The van der Waals surface area contributed by atoms with Crippen molar-refractivity contribution in [2.24, 2.45) is 0 Å². The summed E-state index contributed by atoms with van der Waals surface area (Å²) in [6.07, 6.45) is 5.74. The fourth-order valence-electron chi connectivity index (χ4n) is 2.52. The Morgan fingerprint density at radius 2 is 2.24 bits per heavy atom. The summed E-state index contributed by atoms with van der Waals surface area (Å²) >= 11 is 6.19. The van der Waals surface area contributed by atoms with Crippen LogP contribution in [-0.4, -0.2) is 30.9 Å². The largest absolute Gasteiger partial charge is 0.476 e. The molecule has 3 aromatic rings. The van der Waals surface area contributed by atoms with Gasteiger partial charge in [0.05, 0.1) is 17.4 Å². The molecule has 0 atom stereocenters. The fraction of sp³-hybridized carbons (Fsp3) is 0.214. The van der Waals surface area contributed by atoms with E-state index in [0.29, 0.717) is 11.4 Å². The van der Waals surface area contributed by atoms with Gasteiger partial charge in [-0.3, -0.25) is 5.10 Å². The first-order valence-corrected chi connectivity index (χ1v) is 6.97. The molecule has 3 heterocycles. The van der Waals surface area contributed by atoms with Gasteiger partial charge in [-0.15, -0.1) is 0 Å². The van der Waals surface area contributed by atoms with Crippen LogP contribution in [0.25, 0.3) is 16.8 Å². The number of carbonyl (C=O) groups is 1. The molecule has 0 aliphatic heterocycles. The lowest BCUT2D eigenvalue weighted by atomic mass is 10.1. The fourth-order valence-corrected chi connectivity index (χ4v) is 2.78. The predicted octanol–water partition coefficient (Wildman–Crippen LogP) is 2.95. The molecule has 0 radical (unpaired) electrons. The Morgan fingerprint density at radius 1 is 1.43 bits per heavy atom. The maximum atomic E-state index is 11.2. The molecule has 106 valence electrons. The van der Waals surface area contributed by atoms with Crippen molar-refractivity contribution in [3.8, 4) is 11.3 Å². The Balaban J connectivity index is 2.05. The quantitative estimate of drug-likeness (QED) is 0.779. The summed E-state index contributed by atoms with van der Waals surface area (Å²) in [5.41, 5.74) is 3.29. The van der Waals surface area contributed by atoms with E-state index in [-0.39, 0.29) is 10.7 Å². The topological polar surface area (TPSA) is 83.3 Å². The van der Waals surface area contributed by atoms with Crippen molar-refractivity contribution >= 4 is 23.1 Å². The second kappa shape index (κ2) is 4.33. The zero-order chi connectivity index (χ0) is 14.6. The molecule has 1 fully saturated rings. The average Bonchev–Trinajstić information content (AvgIpc) is 3.06. The maximum Gasteiger partial charge on any atom is 0.358 e. The van der Waals surface area contributed by atoms with E-state index in [1.807, 2.05) is 12.1 Å². The summed E-state index contributed by atoms with van der Waals surface area (Å²) in [5.74, 6) is -0.602. The van der Waals surface area contributed by atoms with Gasteiger partial charge < -0.3 is 5.11 Å². The van der Waals surface area contributed by atoms with Crippen LogP contribution >= 0.6 is 11.6 Å². The Bertz CT molecular complexity index is 850. The number of carboxylic acids is 1. The Morgan fingerprint density at radius 3 is 2.86 bits per heavy atom. The molecule has 0 unspecified atom stereocenters. The molecule has 3 aromatic heterocycles. The molecule has 0 spiro atoms. The summed E-state index contributed by atoms with van der Waals surface area (Å²) in [6.45, 7) is 0. The first kappa shape index (κ1) is 12.4. The van der Waals surface area contributed by atoms with Gasteiger partial charge in [-0.05, 0) is 36.5 Å². The van der Waals surface area contributed by atoms with Crippen molar-refractivity contribution in [3.63, 3.8) is 0 Å². The highest BCUT2D eigenvalue weighted by Crippen LogP contribution is 2.42. The monoisotopic (exact) mass is 302 g/mol. The van der Waals surface area contributed by atoms with Crippen molar-refractivity contribution in [1.82, 2.24) is 19.8 Å². The van der Waals surface area contributed by atoms with E-state index in [2.05, 4.69) is 15.3 Å². The number of aromatic nitrogens is 4. The number of hydrogen-bond donors (Lipinski definition) is 2. The lowest BCUT2D eigenvalue weighted by Gasteiger charge is -2.06. The average molecular weight is 303 g/mol. The molecule has 1 saturated carbocycles. The van der Waals surface area contributed by atoms with Crippen LogP contribution in [0.1, 0.15) is 34.8 Å². The van der Waals surface area contributed by atoms with Gasteiger partial charge in [0.25, 0.3) is 0 Å². The van der Waals surface area contributed by atoms with Crippen LogP contribution in [0.15, 0.2) is 24.5 Å². The second-order valence-electron chi connectivity index (χ2n) is 5.20. The summed E-state index contributed by atoms with van der Waals surface area (Å²) < 4.78 is 1.57. The third-order valence-electron chi connectivity index (χ3n) is 3.74. The molecular formula is C14H11ClN4O2. The number of aromatic amines is 1. The molecule has 0 saturated heterocycles. The first-order valence-electron chi connectivity index (χ1n) is 6.60. The number of rotatable bonds is 3. The molecule has 2 N–H and O–H groups in total. The van der Waals surface area contributed by atoms with E-state index in [9.17, 15) is 9.90 Å². The number of H-pyrrole nitrogens is 1. The van der Waals surface area contributed by atoms with Crippen molar-refractivity contribution < 1.29 is 9.90 Å². The van der Waals surface area contributed by atoms with Crippen molar-refractivity contribution in [3.05, 3.63) is 40.8 Å². The van der Waals surface area contributed by atoms with Gasteiger partial charge in [0, 0.05) is 11.8 Å². The summed E-state index contributed by atoms with van der Waals surface area (Å²) in [5, 5.41) is 20.2. The zero-order valence-corrected chi connectivity index (χ0v) is 11.6. The highest BCUT2D eigenvalue weighted by molar-refractivity contribution is 6.36. The second-order valence-corrected chi connectivity index (χ2v) is 5.58. The first-order chi connectivity index (χ1) is 10.1. The van der Waals surface area contributed by atoms with Crippen LogP contribution in [0.2, 0.25) is 5.02 Å². The number of nitrogens with one attached hydrogen (secondary N) is 1. The highest BCUT2D eigenvalue weighted by Gasteiger charge is 2.27. The van der Waals surface area contributed by atoms with E-state index in [1.54, 1.807) is 16.9 Å². The molecule has 7 heteroatoms. The molecule has 1 aliphatic rings. The normalized spacial score (nSPS) is 14.7. The number of hydrogen-bond acceptors (Lipinski definition) is 3. The molecule has 1 aliphatic carbocycles. The predicted molar refractivity (Wildman–Crippen MR) is 76.7 cm³/mol. The minimum absolute atomic E-state index is 0.130. The summed E-state index contributed by atoms with van der Waals surface area (Å²) in [7, 11) is 0. The van der Waals surface area contributed by atoms with Gasteiger partial charge in [0.1, 0.15) is 5.02 Å². The standard InChI is InChI=1S/C14H11ClN4O2/c15-12-11-4-8(7-1-2-7)3-10(9-5-16-17-6-9)19(11)18-13(12)14(20)21/h3-7H,1-2H2,(H,16,17)(H,20,21). The van der Waals surface area contributed by atoms with E-state index in [0.717, 1.165) is 29.7 Å². The maximum absolute atomic E-state index is 11.2. The summed E-state index contributed by atoms with van der Waals surface area (Å²) in [4.78, 5) is 11.2. The highest BCUT2D eigenvalue weighted by atomic mass is 35.5. The third-order valence-corrected chi connectivity index (χ3v) is 4.11. The van der Waals surface area contributed by atoms with Crippen molar-refractivity contribution in [2.75, 3.05) is 0 Å². The van der Waals surface area contributed by atoms with Gasteiger partial charge in [-0.1, -0.05) is 11.6 Å². The van der Waals surface area contributed by atoms with Gasteiger partial charge in [0.2, 0.25) is 0 Å². The Hall–Kier alpha value is -2.34. The number of nitrogens with zero attached hydrogens (tertiary/aromatic N) is 3. The van der Waals surface area contributed by atoms with Crippen LogP contribution in [0.4, 0.5) is 0 Å². The summed E-state index contributed by atoms with van der Waals surface area (Å²) in [6, 6.07) is 3.97. The van der Waals surface area contributed by atoms with Crippen LogP contribution in [0.3, 0.4) is 0 Å². The lowest BCUT2D eigenvalue weighted by Crippen LogP contribution is -2.00. The number of fused-ring (bicyclic) bond motifs is 1. The molecule has 0 bridgehead atoms. The van der Waals surface area contributed by atoms with E-state index in [1.165, 1.54) is 0 Å². The van der Waals surface area contributed by atoms with E-state index >= 15 is 0 Å². The third kappa shape index (κ3) is 1.91. The van der Waals surface area contributed by atoms with Crippen molar-refractivity contribution in [2.45, 2.75) is 18.8 Å². The Labute approximate surface area is 124 Å². The van der Waals surface area contributed by atoms with Crippen molar-refractivity contribution in [1.29, 1.82) is 0 Å². The van der Waals surface area contributed by atoms with E-state index < -0.39 is 5.97 Å². The molecule has 0 amide bonds. The molecule has 6 nitrogen and oxygen atoms in total. The van der Waals surface area contributed by atoms with Crippen LogP contribution < -0.4 is 0 Å². The zero-order valence-electron chi connectivity index (χ0n) is 10.9. The van der Waals surface area contributed by atoms with E-state index in [4.69, 9.17) is 11.6 Å². The van der Waals surface area contributed by atoms with Gasteiger partial charge in [0.15, 0.2) is 5.69 Å². The number of halogens is 1. The smallest absolute Gasteiger partial charge is 0.358 e. The minimum Gasteiger partial charge on any atom is -0.476 e. The van der Waals surface area contributed by atoms with Gasteiger partial charge >= 0.3 is 5.97 Å². The molecular weight excluding hydrogens is 292 g/mol. The van der Waals surface area contributed by atoms with Crippen LogP contribution in [0.5, 0.6) is 0 Å². The molecule has 21 heavy (non-hydrogen) atoms. The SMILES string of the molecule is O=C(O)c1nn2c(-c3cn[nH]c3)cc(C3CC3)cc2c1Cl. The number of carboxylic acid groups (broad SMARTS) is 1. The van der Waals surface area contributed by atoms with Gasteiger partial charge in [-0.25, -0.2) is 9.31 Å². The molecule has 4 rings (SSSR count). The van der Waals surface area contributed by atoms with Gasteiger partial charge in [-0.2, -0.15) is 10.2 Å². The van der Waals surface area contributed by atoms with Crippen LogP contribution in [0, 0.1) is 0 Å². The Kier molecular flexibility index (Phi) is 2.56. The molecule has 0 aromatic carbocycles. The number of pyridine rings is 1.